The van der Waals surface area contributed by atoms with Gasteiger partial charge in [-0.3, -0.25) is 0 Å². The molecular weight excluding hydrogens is 308 g/mol. The van der Waals surface area contributed by atoms with Gasteiger partial charge < -0.3 is 10.2 Å². The zero-order chi connectivity index (χ0) is 16.0. The quantitative estimate of drug-likeness (QED) is 0.913. The average molecular weight is 331 g/mol. The number of fused-ring (bicyclic) bond motifs is 1. The smallest absolute Gasteiger partial charge is 0.133 e. The maximum absolute atomic E-state index is 6.11. The Morgan fingerprint density at radius 2 is 2.22 bits per heavy atom. The van der Waals surface area contributed by atoms with E-state index < -0.39 is 0 Å². The molecule has 1 aromatic heterocycles. The summed E-state index contributed by atoms with van der Waals surface area (Å²) < 4.78 is 2.10. The normalized spacial score (nSPS) is 21.3. The van der Waals surface area contributed by atoms with Crippen LogP contribution in [-0.2, 0) is 6.42 Å². The summed E-state index contributed by atoms with van der Waals surface area (Å²) >= 11 is 6.11. The molecular formula is C18H23ClN4. The second-order valence-corrected chi connectivity index (χ2v) is 7.27. The number of hydrogen-bond acceptors (Lipinski definition) is 3. The molecule has 3 heterocycles. The summed E-state index contributed by atoms with van der Waals surface area (Å²) in [4.78, 5) is 2.43. The maximum Gasteiger partial charge on any atom is 0.133 e. The van der Waals surface area contributed by atoms with E-state index in [0.717, 1.165) is 35.8 Å². The topological polar surface area (TPSA) is 33.1 Å². The van der Waals surface area contributed by atoms with Crippen molar-refractivity contribution in [3.8, 4) is 5.69 Å². The van der Waals surface area contributed by atoms with E-state index in [2.05, 4.69) is 34.9 Å². The molecule has 0 spiro atoms. The van der Waals surface area contributed by atoms with E-state index in [1.54, 1.807) is 0 Å². The van der Waals surface area contributed by atoms with Gasteiger partial charge in [0.25, 0.3) is 0 Å². The Bertz CT molecular complexity index is 737. The molecule has 0 amide bonds. The van der Waals surface area contributed by atoms with Crippen molar-refractivity contribution in [2.24, 2.45) is 0 Å². The molecule has 23 heavy (non-hydrogen) atoms. The van der Waals surface area contributed by atoms with E-state index in [0.29, 0.717) is 5.92 Å². The molecule has 1 N–H and O–H groups in total. The predicted octanol–water partition coefficient (Wildman–Crippen LogP) is 3.61. The molecule has 2 aliphatic heterocycles. The van der Waals surface area contributed by atoms with Gasteiger partial charge in [0, 0.05) is 29.6 Å². The van der Waals surface area contributed by atoms with E-state index in [1.807, 2.05) is 12.1 Å². The van der Waals surface area contributed by atoms with Crippen LogP contribution in [0.2, 0.25) is 5.02 Å². The van der Waals surface area contributed by atoms with Gasteiger partial charge in [-0.25, -0.2) is 4.68 Å². The van der Waals surface area contributed by atoms with Crippen LogP contribution in [0.15, 0.2) is 18.2 Å². The standard InChI is InChI=1S/C18H23ClN4/c1-12-10-14(19)5-6-16(12)23-18-15(7-8-20-18)17(21-23)13-4-3-9-22(2)11-13/h5-6,10,13,20H,3-4,7-9,11H2,1-2H3. The van der Waals surface area contributed by atoms with E-state index in [-0.39, 0.29) is 0 Å². The van der Waals surface area contributed by atoms with Crippen LogP contribution >= 0.6 is 11.6 Å². The fourth-order valence-corrected chi connectivity index (χ4v) is 4.18. The van der Waals surface area contributed by atoms with E-state index in [4.69, 9.17) is 16.7 Å². The Balaban J connectivity index is 1.78. The molecule has 4 nitrogen and oxygen atoms in total. The largest absolute Gasteiger partial charge is 0.369 e. The Morgan fingerprint density at radius 1 is 1.35 bits per heavy atom. The Kier molecular flexibility index (Phi) is 3.82. The van der Waals surface area contributed by atoms with Crippen LogP contribution in [0.1, 0.15) is 35.6 Å². The van der Waals surface area contributed by atoms with Gasteiger partial charge in [-0.2, -0.15) is 5.10 Å². The van der Waals surface area contributed by atoms with Gasteiger partial charge in [-0.15, -0.1) is 0 Å². The number of likely N-dealkylation sites (tertiary alicyclic amines) is 1. The molecule has 1 fully saturated rings. The number of rotatable bonds is 2. The Morgan fingerprint density at radius 3 is 3.00 bits per heavy atom. The number of anilines is 1. The van der Waals surface area contributed by atoms with Gasteiger partial charge in [-0.05, 0) is 63.5 Å². The summed E-state index contributed by atoms with van der Waals surface area (Å²) in [6.07, 6.45) is 3.58. The maximum atomic E-state index is 6.11. The van der Waals surface area contributed by atoms with Gasteiger partial charge >= 0.3 is 0 Å². The highest BCUT2D eigenvalue weighted by Gasteiger charge is 2.30. The second-order valence-electron chi connectivity index (χ2n) is 6.83. The van der Waals surface area contributed by atoms with Crippen molar-refractivity contribution >= 4 is 17.4 Å². The highest BCUT2D eigenvalue weighted by atomic mass is 35.5. The zero-order valence-corrected chi connectivity index (χ0v) is 14.5. The van der Waals surface area contributed by atoms with Gasteiger partial charge in [0.15, 0.2) is 0 Å². The van der Waals surface area contributed by atoms with Gasteiger partial charge in [0.1, 0.15) is 5.82 Å². The van der Waals surface area contributed by atoms with Gasteiger partial charge in [-0.1, -0.05) is 11.6 Å². The minimum Gasteiger partial charge on any atom is -0.369 e. The molecule has 0 radical (unpaired) electrons. The number of piperidine rings is 1. The van der Waals surface area contributed by atoms with E-state index in [1.165, 1.54) is 36.5 Å². The first-order valence-corrected chi connectivity index (χ1v) is 8.82. The lowest BCUT2D eigenvalue weighted by Crippen LogP contribution is -2.31. The molecule has 1 unspecified atom stereocenters. The monoisotopic (exact) mass is 330 g/mol. The number of halogens is 1. The molecule has 0 bridgehead atoms. The van der Waals surface area contributed by atoms with Crippen molar-refractivity contribution < 1.29 is 0 Å². The van der Waals surface area contributed by atoms with Gasteiger partial charge in [0.2, 0.25) is 0 Å². The first kappa shape index (κ1) is 15.0. The average Bonchev–Trinajstić information content (AvgIpc) is 3.10. The van der Waals surface area contributed by atoms with Crippen LogP contribution in [0.5, 0.6) is 0 Å². The molecule has 0 saturated carbocycles. The summed E-state index contributed by atoms with van der Waals surface area (Å²) in [7, 11) is 2.21. The Hall–Kier alpha value is -1.52. The molecule has 122 valence electrons. The van der Waals surface area contributed by atoms with Crippen LogP contribution in [0.4, 0.5) is 5.82 Å². The fourth-order valence-electron chi connectivity index (χ4n) is 3.95. The number of nitrogens with zero attached hydrogens (tertiary/aromatic N) is 3. The molecule has 2 aliphatic rings. The SMILES string of the molecule is Cc1cc(Cl)ccc1-n1nc(C2CCCN(C)C2)c2c1NCC2. The van der Waals surface area contributed by atoms with Crippen molar-refractivity contribution in [3.05, 3.63) is 40.0 Å². The Labute approximate surface area is 142 Å². The zero-order valence-electron chi connectivity index (χ0n) is 13.8. The number of benzene rings is 1. The second kappa shape index (κ2) is 5.84. The van der Waals surface area contributed by atoms with Crippen LogP contribution in [0, 0.1) is 6.92 Å². The van der Waals surface area contributed by atoms with Crippen molar-refractivity contribution in [3.63, 3.8) is 0 Å². The lowest BCUT2D eigenvalue weighted by molar-refractivity contribution is 0.247. The minimum absolute atomic E-state index is 0.552. The lowest BCUT2D eigenvalue weighted by Gasteiger charge is -2.29. The van der Waals surface area contributed by atoms with E-state index >= 15 is 0 Å². The molecule has 4 rings (SSSR count). The lowest BCUT2D eigenvalue weighted by atomic mass is 9.92. The number of likely N-dealkylation sites (N-methyl/N-ethyl adjacent to an activating group) is 1. The highest BCUT2D eigenvalue weighted by Crippen LogP contribution is 2.36. The first-order valence-electron chi connectivity index (χ1n) is 8.44. The van der Waals surface area contributed by atoms with Crippen molar-refractivity contribution in [1.82, 2.24) is 14.7 Å². The summed E-state index contributed by atoms with van der Waals surface area (Å²) in [5.41, 5.74) is 4.99. The summed E-state index contributed by atoms with van der Waals surface area (Å²) in [5, 5.41) is 9.34. The number of aromatic nitrogens is 2. The highest BCUT2D eigenvalue weighted by molar-refractivity contribution is 6.30. The van der Waals surface area contributed by atoms with Crippen molar-refractivity contribution in [2.75, 3.05) is 32.0 Å². The summed E-state index contributed by atoms with van der Waals surface area (Å²) in [5.74, 6) is 1.73. The third-order valence-corrected chi connectivity index (χ3v) is 5.32. The molecule has 5 heteroatoms. The minimum atomic E-state index is 0.552. The molecule has 0 aliphatic carbocycles. The van der Waals surface area contributed by atoms with Crippen LogP contribution in [-0.4, -0.2) is 41.4 Å². The van der Waals surface area contributed by atoms with E-state index in [9.17, 15) is 0 Å². The molecule has 1 saturated heterocycles. The molecule has 2 aromatic rings. The van der Waals surface area contributed by atoms with Crippen molar-refractivity contribution in [1.29, 1.82) is 0 Å². The van der Waals surface area contributed by atoms with Crippen LogP contribution in [0.3, 0.4) is 0 Å². The summed E-state index contributed by atoms with van der Waals surface area (Å²) in [6, 6.07) is 6.02. The predicted molar refractivity (Wildman–Crippen MR) is 95.0 cm³/mol. The summed E-state index contributed by atoms with van der Waals surface area (Å²) in [6.45, 7) is 5.42. The number of nitrogens with one attached hydrogen (secondary N) is 1. The third kappa shape index (κ3) is 2.64. The van der Waals surface area contributed by atoms with Crippen LogP contribution in [0.25, 0.3) is 5.69 Å². The van der Waals surface area contributed by atoms with Crippen molar-refractivity contribution in [2.45, 2.75) is 32.1 Å². The van der Waals surface area contributed by atoms with Gasteiger partial charge in [0.05, 0.1) is 11.4 Å². The number of hydrogen-bond donors (Lipinski definition) is 1. The third-order valence-electron chi connectivity index (χ3n) is 5.08. The number of aryl methyl sites for hydroxylation is 1. The fraction of sp³-hybridized carbons (Fsp3) is 0.500. The molecule has 1 atom stereocenters. The molecule has 1 aromatic carbocycles. The van der Waals surface area contributed by atoms with Crippen LogP contribution < -0.4 is 5.32 Å². The first-order chi connectivity index (χ1) is 11.1.